The maximum absolute atomic E-state index is 13.0. The molecule has 3 rings (SSSR count). The highest BCUT2D eigenvalue weighted by atomic mass is 35.5. The summed E-state index contributed by atoms with van der Waals surface area (Å²) in [5, 5.41) is 10.1. The summed E-state index contributed by atoms with van der Waals surface area (Å²) in [6, 6.07) is 7.28. The lowest BCUT2D eigenvalue weighted by atomic mass is 10.0. The minimum atomic E-state index is -4.54. The number of carbonyl (C=O) groups is 1. The molecule has 3 aromatic rings. The van der Waals surface area contributed by atoms with Gasteiger partial charge in [-0.3, -0.25) is 9.78 Å². The van der Waals surface area contributed by atoms with Crippen molar-refractivity contribution in [3.63, 3.8) is 0 Å². The second kappa shape index (κ2) is 8.72. The van der Waals surface area contributed by atoms with Crippen LogP contribution in [-0.2, 0) is 19.1 Å². The van der Waals surface area contributed by atoms with Gasteiger partial charge in [-0.1, -0.05) is 29.3 Å². The highest BCUT2D eigenvalue weighted by Gasteiger charge is 2.31. The first-order chi connectivity index (χ1) is 14.5. The molecule has 0 radical (unpaired) electrons. The summed E-state index contributed by atoms with van der Waals surface area (Å²) >= 11 is 12.0. The number of aromatic nitrogens is 2. The van der Waals surface area contributed by atoms with E-state index in [-0.39, 0.29) is 34.4 Å². The number of carboxylic acids is 1. The zero-order valence-electron chi connectivity index (χ0n) is 16.0. The van der Waals surface area contributed by atoms with E-state index < -0.39 is 28.7 Å². The summed E-state index contributed by atoms with van der Waals surface area (Å²) in [6.45, 7) is 1.96. The molecular formula is C21H15Cl2F3N2O3. The first-order valence-corrected chi connectivity index (χ1v) is 9.76. The normalized spacial score (nSPS) is 11.5. The summed E-state index contributed by atoms with van der Waals surface area (Å²) in [5.41, 5.74) is -1.30. The Balaban J connectivity index is 2.24. The van der Waals surface area contributed by atoms with Crippen LogP contribution in [0, 0.1) is 0 Å². The maximum atomic E-state index is 13.0. The van der Waals surface area contributed by atoms with Gasteiger partial charge in [0.15, 0.2) is 5.43 Å². The minimum Gasteiger partial charge on any atom is -0.477 e. The molecule has 0 amide bonds. The number of benzene rings is 1. The van der Waals surface area contributed by atoms with Gasteiger partial charge in [0, 0.05) is 42.2 Å². The van der Waals surface area contributed by atoms with E-state index in [0.29, 0.717) is 11.3 Å². The van der Waals surface area contributed by atoms with Crippen molar-refractivity contribution in [3.05, 3.63) is 85.4 Å². The molecule has 0 saturated heterocycles. The molecule has 5 nitrogen and oxygen atoms in total. The largest absolute Gasteiger partial charge is 0.477 e. The molecule has 2 aromatic heterocycles. The van der Waals surface area contributed by atoms with Gasteiger partial charge in [-0.25, -0.2) is 4.79 Å². The Bertz CT molecular complexity index is 1220. The zero-order chi connectivity index (χ0) is 22.9. The minimum absolute atomic E-state index is 0.0830. The molecule has 162 valence electrons. The van der Waals surface area contributed by atoms with Crippen LogP contribution in [0.25, 0.3) is 11.3 Å². The average Bonchev–Trinajstić information content (AvgIpc) is 2.69. The number of hydrogen-bond acceptors (Lipinski definition) is 3. The molecule has 0 atom stereocenters. The van der Waals surface area contributed by atoms with Gasteiger partial charge in [0.1, 0.15) is 5.56 Å². The highest BCUT2D eigenvalue weighted by Crippen LogP contribution is 2.32. The molecule has 0 saturated carbocycles. The van der Waals surface area contributed by atoms with Crippen LogP contribution in [0.3, 0.4) is 0 Å². The number of rotatable bonds is 5. The number of pyridine rings is 2. The Hall–Kier alpha value is -2.84. The summed E-state index contributed by atoms with van der Waals surface area (Å²) in [5.74, 6) is -1.43. The van der Waals surface area contributed by atoms with E-state index in [4.69, 9.17) is 23.2 Å². The van der Waals surface area contributed by atoms with Crippen molar-refractivity contribution in [2.45, 2.75) is 26.1 Å². The Kier molecular flexibility index (Phi) is 6.43. The molecule has 0 unspecified atom stereocenters. The van der Waals surface area contributed by atoms with Crippen molar-refractivity contribution in [1.82, 2.24) is 9.55 Å². The molecule has 0 aliphatic carbocycles. The first kappa shape index (κ1) is 22.8. The summed E-state index contributed by atoms with van der Waals surface area (Å²) in [7, 11) is 0. The van der Waals surface area contributed by atoms with E-state index in [2.05, 4.69) is 4.98 Å². The molecule has 0 aliphatic rings. The zero-order valence-corrected chi connectivity index (χ0v) is 17.5. The second-order valence-corrected chi connectivity index (χ2v) is 7.43. The van der Waals surface area contributed by atoms with E-state index in [1.807, 2.05) is 0 Å². The van der Waals surface area contributed by atoms with Gasteiger partial charge in [0.25, 0.3) is 0 Å². The van der Waals surface area contributed by atoms with Crippen molar-refractivity contribution in [3.8, 4) is 11.3 Å². The SMILES string of the molecule is CCn1c(Cc2cc(C(F)(F)F)ccn2)cc(=O)c(C(=O)O)c1-c1ccc(Cl)c(Cl)c1. The van der Waals surface area contributed by atoms with Crippen LogP contribution in [0.4, 0.5) is 13.2 Å². The second-order valence-electron chi connectivity index (χ2n) is 6.61. The summed E-state index contributed by atoms with van der Waals surface area (Å²) in [6.07, 6.45) is -3.61. The van der Waals surface area contributed by atoms with Crippen LogP contribution in [0.15, 0.2) is 47.4 Å². The maximum Gasteiger partial charge on any atom is 0.416 e. The standard InChI is InChI=1S/C21H15Cl2F3N2O3/c1-2-28-14(9-13-8-12(5-6-27-13)21(24,25)26)10-17(29)18(20(30)31)19(28)11-3-4-15(22)16(23)7-11/h3-8,10H,2,9H2,1H3,(H,30,31). The average molecular weight is 471 g/mol. The van der Waals surface area contributed by atoms with E-state index in [1.165, 1.54) is 18.2 Å². The Morgan fingerprint density at radius 2 is 1.84 bits per heavy atom. The van der Waals surface area contributed by atoms with E-state index in [0.717, 1.165) is 24.4 Å². The monoisotopic (exact) mass is 470 g/mol. The summed E-state index contributed by atoms with van der Waals surface area (Å²) < 4.78 is 40.7. The van der Waals surface area contributed by atoms with Crippen molar-refractivity contribution in [2.75, 3.05) is 0 Å². The molecule has 31 heavy (non-hydrogen) atoms. The van der Waals surface area contributed by atoms with Crippen LogP contribution in [-0.4, -0.2) is 20.6 Å². The number of nitrogens with zero attached hydrogens (tertiary/aromatic N) is 2. The van der Waals surface area contributed by atoms with Crippen molar-refractivity contribution >= 4 is 29.2 Å². The number of aromatic carboxylic acids is 1. The van der Waals surface area contributed by atoms with Gasteiger partial charge in [-0.15, -0.1) is 0 Å². The molecular weight excluding hydrogens is 456 g/mol. The van der Waals surface area contributed by atoms with Crippen LogP contribution in [0.2, 0.25) is 10.0 Å². The van der Waals surface area contributed by atoms with E-state index >= 15 is 0 Å². The van der Waals surface area contributed by atoms with Crippen LogP contribution in [0.1, 0.15) is 34.2 Å². The molecule has 0 spiro atoms. The third-order valence-corrected chi connectivity index (χ3v) is 5.37. The van der Waals surface area contributed by atoms with Crippen molar-refractivity contribution in [1.29, 1.82) is 0 Å². The van der Waals surface area contributed by atoms with Gasteiger partial charge in [0.2, 0.25) is 0 Å². The summed E-state index contributed by atoms with van der Waals surface area (Å²) in [4.78, 5) is 28.5. The topological polar surface area (TPSA) is 72.2 Å². The predicted octanol–water partition coefficient (Wildman–Crippen LogP) is 5.54. The molecule has 0 aliphatic heterocycles. The lowest BCUT2D eigenvalue weighted by Gasteiger charge is -2.20. The van der Waals surface area contributed by atoms with Gasteiger partial charge in [-0.2, -0.15) is 13.2 Å². The van der Waals surface area contributed by atoms with Crippen molar-refractivity contribution in [2.24, 2.45) is 0 Å². The van der Waals surface area contributed by atoms with Gasteiger partial charge in [0.05, 0.1) is 21.3 Å². The Morgan fingerprint density at radius 1 is 1.13 bits per heavy atom. The quantitative estimate of drug-likeness (QED) is 0.530. The van der Waals surface area contributed by atoms with Gasteiger partial charge < -0.3 is 9.67 Å². The van der Waals surface area contributed by atoms with E-state index in [9.17, 15) is 27.9 Å². The number of carboxylic acid groups (broad SMARTS) is 1. The predicted molar refractivity (Wildman–Crippen MR) is 111 cm³/mol. The van der Waals surface area contributed by atoms with Crippen LogP contribution in [0.5, 0.6) is 0 Å². The number of halogens is 5. The molecule has 1 aromatic carbocycles. The highest BCUT2D eigenvalue weighted by molar-refractivity contribution is 6.42. The van der Waals surface area contributed by atoms with Crippen LogP contribution >= 0.6 is 23.2 Å². The molecule has 1 N–H and O–H groups in total. The van der Waals surface area contributed by atoms with Gasteiger partial charge >= 0.3 is 12.1 Å². The Labute approximate surface area is 184 Å². The molecule has 0 fully saturated rings. The first-order valence-electron chi connectivity index (χ1n) is 9.00. The fraction of sp³-hybridized carbons (Fsp3) is 0.190. The fourth-order valence-electron chi connectivity index (χ4n) is 3.29. The molecule has 10 heteroatoms. The molecule has 0 bridgehead atoms. The smallest absolute Gasteiger partial charge is 0.416 e. The number of hydrogen-bond donors (Lipinski definition) is 1. The fourth-order valence-corrected chi connectivity index (χ4v) is 3.59. The third-order valence-electron chi connectivity index (χ3n) is 4.63. The lowest BCUT2D eigenvalue weighted by molar-refractivity contribution is -0.137. The Morgan fingerprint density at radius 3 is 2.42 bits per heavy atom. The van der Waals surface area contributed by atoms with Gasteiger partial charge in [-0.05, 0) is 31.2 Å². The molecule has 2 heterocycles. The van der Waals surface area contributed by atoms with E-state index in [1.54, 1.807) is 11.5 Å². The number of alkyl halides is 3. The lowest BCUT2D eigenvalue weighted by Crippen LogP contribution is -2.23. The van der Waals surface area contributed by atoms with Crippen molar-refractivity contribution < 1.29 is 23.1 Å². The third kappa shape index (κ3) is 4.75. The van der Waals surface area contributed by atoms with Crippen LogP contribution < -0.4 is 5.43 Å².